The fourth-order valence-electron chi connectivity index (χ4n) is 3.71. The van der Waals surface area contributed by atoms with E-state index in [1.807, 2.05) is 24.3 Å². The van der Waals surface area contributed by atoms with Crippen LogP contribution in [-0.4, -0.2) is 68.3 Å². The Balaban J connectivity index is 1.43. The summed E-state index contributed by atoms with van der Waals surface area (Å²) < 4.78 is 27.4. The standard InChI is InChI=1S/C22H24N4O3S/c1-24(30(28,29)21-9-5-6-18-16-23-11-10-20(18)21)17-22(27)26-14-12-25(13-15-26)19-7-3-2-4-8-19/h2-11,16H,12-15,17H2,1H3. The Bertz CT molecular complexity index is 1140. The van der Waals surface area contributed by atoms with E-state index < -0.39 is 10.0 Å². The molecule has 0 atom stereocenters. The van der Waals surface area contributed by atoms with Gasteiger partial charge in [-0.3, -0.25) is 9.78 Å². The molecule has 4 rings (SSSR count). The maximum absolute atomic E-state index is 13.1. The average Bonchev–Trinajstić information content (AvgIpc) is 2.79. The summed E-state index contributed by atoms with van der Waals surface area (Å²) in [6.07, 6.45) is 3.20. The van der Waals surface area contributed by atoms with Gasteiger partial charge in [-0.05, 0) is 24.3 Å². The molecule has 0 unspecified atom stereocenters. The SMILES string of the molecule is CN(CC(=O)N1CCN(c2ccccc2)CC1)S(=O)(=O)c1cccc2cnccc12. The van der Waals surface area contributed by atoms with E-state index in [0.717, 1.165) is 28.5 Å². The highest BCUT2D eigenvalue weighted by Gasteiger charge is 2.28. The second-order valence-corrected chi connectivity index (χ2v) is 9.33. The van der Waals surface area contributed by atoms with Crippen LogP contribution in [0.1, 0.15) is 0 Å². The summed E-state index contributed by atoms with van der Waals surface area (Å²) in [6, 6.07) is 16.8. The van der Waals surface area contributed by atoms with Crippen molar-refractivity contribution in [2.45, 2.75) is 4.90 Å². The molecule has 0 saturated carbocycles. The van der Waals surface area contributed by atoms with Crippen LogP contribution in [0.3, 0.4) is 0 Å². The number of benzene rings is 2. The quantitative estimate of drug-likeness (QED) is 0.628. The summed E-state index contributed by atoms with van der Waals surface area (Å²) in [4.78, 5) is 21.0. The predicted molar refractivity (Wildman–Crippen MR) is 117 cm³/mol. The molecular formula is C22H24N4O3S. The van der Waals surface area contributed by atoms with Gasteiger partial charge in [0.2, 0.25) is 15.9 Å². The average molecular weight is 425 g/mol. The Morgan fingerprint density at radius 1 is 1.00 bits per heavy atom. The van der Waals surface area contributed by atoms with Crippen molar-refractivity contribution in [3.05, 3.63) is 67.0 Å². The Kier molecular flexibility index (Phi) is 5.69. The van der Waals surface area contributed by atoms with Crippen LogP contribution in [0.15, 0.2) is 71.9 Å². The second kappa shape index (κ2) is 8.41. The molecule has 2 heterocycles. The zero-order chi connectivity index (χ0) is 21.1. The van der Waals surface area contributed by atoms with Gasteiger partial charge < -0.3 is 9.80 Å². The minimum Gasteiger partial charge on any atom is -0.368 e. The maximum atomic E-state index is 13.1. The highest BCUT2D eigenvalue weighted by Crippen LogP contribution is 2.24. The first-order valence-electron chi connectivity index (χ1n) is 9.84. The van der Waals surface area contributed by atoms with Gasteiger partial charge in [0.25, 0.3) is 0 Å². The molecule has 0 N–H and O–H groups in total. The van der Waals surface area contributed by atoms with Crippen LogP contribution in [-0.2, 0) is 14.8 Å². The van der Waals surface area contributed by atoms with Crippen LogP contribution in [0.25, 0.3) is 10.8 Å². The van der Waals surface area contributed by atoms with Crippen LogP contribution < -0.4 is 4.90 Å². The van der Waals surface area contributed by atoms with Crippen LogP contribution in [0.5, 0.6) is 0 Å². The number of anilines is 1. The molecule has 156 valence electrons. The van der Waals surface area contributed by atoms with E-state index in [9.17, 15) is 13.2 Å². The molecule has 1 fully saturated rings. The zero-order valence-electron chi connectivity index (χ0n) is 16.8. The summed E-state index contributed by atoms with van der Waals surface area (Å²) in [5, 5.41) is 1.35. The number of sulfonamides is 1. The number of piperazine rings is 1. The van der Waals surface area contributed by atoms with Gasteiger partial charge in [0.05, 0.1) is 11.4 Å². The van der Waals surface area contributed by atoms with Crippen LogP contribution >= 0.6 is 0 Å². The van der Waals surface area contributed by atoms with Gasteiger partial charge in [0.1, 0.15) is 0 Å². The van der Waals surface area contributed by atoms with Crippen molar-refractivity contribution < 1.29 is 13.2 Å². The van der Waals surface area contributed by atoms with Crippen molar-refractivity contribution in [1.82, 2.24) is 14.2 Å². The largest absolute Gasteiger partial charge is 0.368 e. The number of amides is 1. The Labute approximate surface area is 176 Å². The molecular weight excluding hydrogens is 400 g/mol. The number of para-hydroxylation sites is 1. The van der Waals surface area contributed by atoms with E-state index in [-0.39, 0.29) is 17.3 Å². The Morgan fingerprint density at radius 3 is 2.47 bits per heavy atom. The van der Waals surface area contributed by atoms with E-state index in [2.05, 4.69) is 22.0 Å². The summed E-state index contributed by atoms with van der Waals surface area (Å²) >= 11 is 0. The molecule has 0 aliphatic carbocycles. The number of carbonyl (C=O) groups is 1. The van der Waals surface area contributed by atoms with E-state index in [1.165, 1.54) is 7.05 Å². The van der Waals surface area contributed by atoms with Crippen LogP contribution in [0, 0.1) is 0 Å². The van der Waals surface area contributed by atoms with Crippen LogP contribution in [0.2, 0.25) is 0 Å². The van der Waals surface area contributed by atoms with Gasteiger partial charge in [0.15, 0.2) is 0 Å². The first kappa shape index (κ1) is 20.3. The lowest BCUT2D eigenvalue weighted by atomic mass is 10.2. The topological polar surface area (TPSA) is 73.8 Å². The molecule has 0 spiro atoms. The third-order valence-corrected chi connectivity index (χ3v) is 7.30. The number of likely N-dealkylation sites (N-methyl/N-ethyl adjacent to an activating group) is 1. The maximum Gasteiger partial charge on any atom is 0.243 e. The number of fused-ring (bicyclic) bond motifs is 1. The Hall–Kier alpha value is -2.97. The van der Waals surface area contributed by atoms with Crippen LogP contribution in [0.4, 0.5) is 5.69 Å². The highest BCUT2D eigenvalue weighted by atomic mass is 32.2. The van der Waals surface area contributed by atoms with Crippen molar-refractivity contribution in [1.29, 1.82) is 0 Å². The van der Waals surface area contributed by atoms with Crippen molar-refractivity contribution in [3.8, 4) is 0 Å². The summed E-state index contributed by atoms with van der Waals surface area (Å²) in [5.41, 5.74) is 1.13. The van der Waals surface area contributed by atoms with Gasteiger partial charge in [-0.1, -0.05) is 30.3 Å². The molecule has 1 aliphatic heterocycles. The van der Waals surface area contributed by atoms with E-state index in [4.69, 9.17) is 0 Å². The molecule has 1 amide bonds. The molecule has 1 saturated heterocycles. The second-order valence-electron chi connectivity index (χ2n) is 7.32. The smallest absolute Gasteiger partial charge is 0.243 e. The third kappa shape index (κ3) is 4.01. The molecule has 7 nitrogen and oxygen atoms in total. The van der Waals surface area contributed by atoms with E-state index >= 15 is 0 Å². The molecule has 8 heteroatoms. The van der Waals surface area contributed by atoms with Gasteiger partial charge in [0, 0.05) is 62.1 Å². The molecule has 0 radical (unpaired) electrons. The number of rotatable bonds is 5. The summed E-state index contributed by atoms with van der Waals surface area (Å²) in [6.45, 7) is 2.41. The minimum absolute atomic E-state index is 0.185. The molecule has 2 aromatic carbocycles. The first-order valence-corrected chi connectivity index (χ1v) is 11.3. The van der Waals surface area contributed by atoms with Crippen molar-refractivity contribution in [3.63, 3.8) is 0 Å². The number of hydrogen-bond acceptors (Lipinski definition) is 5. The monoisotopic (exact) mass is 424 g/mol. The number of hydrogen-bond donors (Lipinski definition) is 0. The third-order valence-electron chi connectivity index (χ3n) is 5.44. The predicted octanol–water partition coefficient (Wildman–Crippen LogP) is 2.20. The lowest BCUT2D eigenvalue weighted by Crippen LogP contribution is -2.51. The van der Waals surface area contributed by atoms with E-state index in [0.29, 0.717) is 18.5 Å². The fraction of sp³-hybridized carbons (Fsp3) is 0.273. The zero-order valence-corrected chi connectivity index (χ0v) is 17.6. The van der Waals surface area contributed by atoms with Gasteiger partial charge >= 0.3 is 0 Å². The first-order chi connectivity index (χ1) is 14.5. The van der Waals surface area contributed by atoms with Crippen molar-refractivity contribution >= 4 is 32.4 Å². The molecule has 1 aromatic heterocycles. The summed E-state index contributed by atoms with van der Waals surface area (Å²) in [7, 11) is -2.35. The molecule has 3 aromatic rings. The van der Waals surface area contributed by atoms with E-state index in [1.54, 1.807) is 35.5 Å². The number of pyridine rings is 1. The fourth-order valence-corrected chi connectivity index (χ4v) is 5.04. The number of nitrogens with zero attached hydrogens (tertiary/aromatic N) is 4. The normalized spacial score (nSPS) is 15.0. The minimum atomic E-state index is -3.81. The van der Waals surface area contributed by atoms with Gasteiger partial charge in [-0.15, -0.1) is 0 Å². The number of aromatic nitrogens is 1. The van der Waals surface area contributed by atoms with Crippen molar-refractivity contribution in [2.75, 3.05) is 44.7 Å². The lowest BCUT2D eigenvalue weighted by Gasteiger charge is -2.36. The molecule has 0 bridgehead atoms. The highest BCUT2D eigenvalue weighted by molar-refractivity contribution is 7.89. The molecule has 1 aliphatic rings. The molecule has 30 heavy (non-hydrogen) atoms. The summed E-state index contributed by atoms with van der Waals surface area (Å²) in [5.74, 6) is -0.185. The van der Waals surface area contributed by atoms with Crippen molar-refractivity contribution in [2.24, 2.45) is 0 Å². The Morgan fingerprint density at radius 2 is 1.73 bits per heavy atom. The van der Waals surface area contributed by atoms with Gasteiger partial charge in [-0.2, -0.15) is 4.31 Å². The lowest BCUT2D eigenvalue weighted by molar-refractivity contribution is -0.131. The number of carbonyl (C=O) groups excluding carboxylic acids is 1. The van der Waals surface area contributed by atoms with Gasteiger partial charge in [-0.25, -0.2) is 8.42 Å².